The lowest BCUT2D eigenvalue weighted by Crippen LogP contribution is -2.27. The fraction of sp³-hybridized carbons (Fsp3) is 0.115. The molecule has 0 saturated heterocycles. The first kappa shape index (κ1) is 19.5. The Kier molecular flexibility index (Phi) is 5.66. The van der Waals surface area contributed by atoms with Gasteiger partial charge in [0.25, 0.3) is 0 Å². The number of fused-ring (bicyclic) bond motifs is 1. The number of ether oxygens (including phenoxy) is 1. The quantitative estimate of drug-likeness (QED) is 0.309. The summed E-state index contributed by atoms with van der Waals surface area (Å²) < 4.78 is 5.68. The summed E-state index contributed by atoms with van der Waals surface area (Å²) in [6, 6.07) is 27.8. The second kappa shape index (κ2) is 8.70. The molecule has 0 aliphatic heterocycles. The van der Waals surface area contributed by atoms with E-state index < -0.39 is 12.1 Å². The molecule has 0 aliphatic rings. The van der Waals surface area contributed by atoms with Crippen molar-refractivity contribution in [1.82, 2.24) is 4.98 Å². The highest BCUT2D eigenvalue weighted by Gasteiger charge is 2.24. The largest absolute Gasteiger partial charge is 0.450 e. The summed E-state index contributed by atoms with van der Waals surface area (Å²) in [5, 5.41) is 0.698. The highest BCUT2D eigenvalue weighted by molar-refractivity contribution is 6.06. The molecule has 0 N–H and O–H groups in total. The van der Waals surface area contributed by atoms with E-state index in [1.807, 2.05) is 67.6 Å². The van der Waals surface area contributed by atoms with Crippen LogP contribution < -0.4 is 0 Å². The molecule has 4 aromatic rings. The first-order chi connectivity index (χ1) is 14.7. The van der Waals surface area contributed by atoms with Gasteiger partial charge in [-0.3, -0.25) is 4.79 Å². The molecule has 0 spiro atoms. The Morgan fingerprint density at radius 3 is 2.20 bits per heavy atom. The predicted octanol–water partition coefficient (Wildman–Crippen LogP) is 5.72. The van der Waals surface area contributed by atoms with Crippen LogP contribution in [0, 0.1) is 0 Å². The Balaban J connectivity index is 1.71. The molecule has 4 heteroatoms. The number of ketones is 1. The zero-order valence-electron chi connectivity index (χ0n) is 16.6. The van der Waals surface area contributed by atoms with Crippen molar-refractivity contribution < 1.29 is 14.3 Å². The van der Waals surface area contributed by atoms with Crippen LogP contribution >= 0.6 is 0 Å². The second-order valence-corrected chi connectivity index (χ2v) is 6.97. The van der Waals surface area contributed by atoms with Gasteiger partial charge in [0.1, 0.15) is 0 Å². The van der Waals surface area contributed by atoms with Crippen molar-refractivity contribution in [2.75, 3.05) is 0 Å². The molecule has 0 saturated carbocycles. The minimum absolute atomic E-state index is 0.201. The molecular formula is C26H21NO3. The topological polar surface area (TPSA) is 56.3 Å². The molecule has 0 fully saturated rings. The third-order valence-corrected chi connectivity index (χ3v) is 4.98. The highest BCUT2D eigenvalue weighted by atomic mass is 16.5. The average Bonchev–Trinajstić information content (AvgIpc) is 2.82. The third-order valence-electron chi connectivity index (χ3n) is 4.98. The van der Waals surface area contributed by atoms with Gasteiger partial charge in [0.15, 0.2) is 6.10 Å². The van der Waals surface area contributed by atoms with Gasteiger partial charge in [0, 0.05) is 16.5 Å². The molecule has 0 aliphatic carbocycles. The van der Waals surface area contributed by atoms with E-state index in [1.165, 1.54) is 0 Å². The smallest absolute Gasteiger partial charge is 0.339 e. The van der Waals surface area contributed by atoms with Crippen molar-refractivity contribution in [2.45, 2.75) is 19.4 Å². The lowest BCUT2D eigenvalue weighted by Gasteiger charge is -2.16. The van der Waals surface area contributed by atoms with E-state index in [-0.39, 0.29) is 5.78 Å². The summed E-state index contributed by atoms with van der Waals surface area (Å²) in [7, 11) is 0. The number of rotatable bonds is 6. The van der Waals surface area contributed by atoms with E-state index in [2.05, 4.69) is 0 Å². The summed E-state index contributed by atoms with van der Waals surface area (Å²) >= 11 is 0. The Bertz CT molecular complexity index is 1190. The average molecular weight is 395 g/mol. The van der Waals surface area contributed by atoms with Crippen molar-refractivity contribution in [3.05, 3.63) is 102 Å². The van der Waals surface area contributed by atoms with E-state index >= 15 is 0 Å². The summed E-state index contributed by atoms with van der Waals surface area (Å²) in [4.78, 5) is 30.6. The van der Waals surface area contributed by atoms with Crippen LogP contribution in [0.2, 0.25) is 0 Å². The third kappa shape index (κ3) is 3.98. The maximum absolute atomic E-state index is 13.1. The lowest BCUT2D eigenvalue weighted by molar-refractivity contribution is 0.0279. The molecule has 1 aromatic heterocycles. The van der Waals surface area contributed by atoms with Gasteiger partial charge >= 0.3 is 5.97 Å². The number of hydrogen-bond acceptors (Lipinski definition) is 4. The number of aromatic nitrogens is 1. The van der Waals surface area contributed by atoms with E-state index in [1.54, 1.807) is 30.3 Å². The maximum Gasteiger partial charge on any atom is 0.339 e. The molecule has 0 amide bonds. The molecule has 1 atom stereocenters. The first-order valence-corrected chi connectivity index (χ1v) is 9.93. The van der Waals surface area contributed by atoms with E-state index in [4.69, 9.17) is 9.72 Å². The minimum Gasteiger partial charge on any atom is -0.450 e. The summed E-state index contributed by atoms with van der Waals surface area (Å²) in [6.07, 6.45) is -0.444. The minimum atomic E-state index is -0.841. The Morgan fingerprint density at radius 1 is 0.867 bits per heavy atom. The van der Waals surface area contributed by atoms with Crippen LogP contribution in [0.15, 0.2) is 91.0 Å². The molecule has 4 rings (SSSR count). The van der Waals surface area contributed by atoms with Crippen LogP contribution in [0.1, 0.15) is 34.1 Å². The van der Waals surface area contributed by atoms with Crippen molar-refractivity contribution in [3.63, 3.8) is 0 Å². The number of pyridine rings is 1. The predicted molar refractivity (Wildman–Crippen MR) is 117 cm³/mol. The molecule has 0 bridgehead atoms. The van der Waals surface area contributed by atoms with Crippen molar-refractivity contribution in [1.29, 1.82) is 0 Å². The van der Waals surface area contributed by atoms with Gasteiger partial charge in [-0.1, -0.05) is 85.8 Å². The number of para-hydroxylation sites is 1. The van der Waals surface area contributed by atoms with Crippen LogP contribution in [-0.2, 0) is 4.74 Å². The Morgan fingerprint density at radius 2 is 1.50 bits per heavy atom. The van der Waals surface area contributed by atoms with Crippen LogP contribution in [0.5, 0.6) is 0 Å². The van der Waals surface area contributed by atoms with Crippen LogP contribution in [0.4, 0.5) is 0 Å². The molecule has 0 radical (unpaired) electrons. The number of carbonyl (C=O) groups is 2. The maximum atomic E-state index is 13.1. The number of Topliss-reactive ketones (excluding diaryl/α,β-unsaturated/α-hetero) is 1. The lowest BCUT2D eigenvalue weighted by atomic mass is 10.0. The fourth-order valence-electron chi connectivity index (χ4n) is 3.40. The van der Waals surface area contributed by atoms with Gasteiger partial charge in [0.05, 0.1) is 16.8 Å². The number of esters is 1. The fourth-order valence-corrected chi connectivity index (χ4v) is 3.40. The van der Waals surface area contributed by atoms with Gasteiger partial charge in [-0.2, -0.15) is 0 Å². The monoisotopic (exact) mass is 395 g/mol. The van der Waals surface area contributed by atoms with Gasteiger partial charge in [-0.05, 0) is 18.6 Å². The van der Waals surface area contributed by atoms with Crippen LogP contribution in [-0.4, -0.2) is 22.8 Å². The van der Waals surface area contributed by atoms with E-state index in [0.29, 0.717) is 34.1 Å². The molecule has 4 nitrogen and oxygen atoms in total. The zero-order chi connectivity index (χ0) is 20.9. The summed E-state index contributed by atoms with van der Waals surface area (Å²) in [5.41, 5.74) is 3.22. The van der Waals surface area contributed by atoms with Gasteiger partial charge in [0.2, 0.25) is 5.78 Å². The number of carbonyl (C=O) groups excluding carboxylic acids is 2. The number of hydrogen-bond donors (Lipinski definition) is 0. The summed E-state index contributed by atoms with van der Waals surface area (Å²) in [6.45, 7) is 1.83. The van der Waals surface area contributed by atoms with Gasteiger partial charge in [-0.15, -0.1) is 0 Å². The number of benzene rings is 3. The first-order valence-electron chi connectivity index (χ1n) is 9.93. The van der Waals surface area contributed by atoms with E-state index in [0.717, 1.165) is 5.56 Å². The number of nitrogens with zero attached hydrogens (tertiary/aromatic N) is 1. The Labute approximate surface area is 175 Å². The second-order valence-electron chi connectivity index (χ2n) is 6.97. The van der Waals surface area contributed by atoms with Crippen molar-refractivity contribution in [2.24, 2.45) is 0 Å². The van der Waals surface area contributed by atoms with Crippen molar-refractivity contribution in [3.8, 4) is 11.3 Å². The molecule has 0 unspecified atom stereocenters. The molecule has 30 heavy (non-hydrogen) atoms. The SMILES string of the molecule is CC[C@@H](OC(=O)c1cc(-c2ccccc2)nc2ccccc12)C(=O)c1ccccc1. The summed E-state index contributed by atoms with van der Waals surface area (Å²) in [5.74, 6) is -0.727. The standard InChI is InChI=1S/C26H21NO3/c1-2-24(25(28)19-13-7-4-8-14-19)30-26(29)21-17-23(18-11-5-3-6-12-18)27-22-16-10-9-15-20(21)22/h3-17,24H,2H2,1H3/t24-/m1/s1. The molecular weight excluding hydrogens is 374 g/mol. The zero-order valence-corrected chi connectivity index (χ0v) is 16.6. The van der Waals surface area contributed by atoms with Crippen LogP contribution in [0.25, 0.3) is 22.2 Å². The normalized spacial score (nSPS) is 11.8. The van der Waals surface area contributed by atoms with Crippen LogP contribution in [0.3, 0.4) is 0 Å². The molecule has 1 heterocycles. The Hall–Kier alpha value is -3.79. The van der Waals surface area contributed by atoms with Gasteiger partial charge < -0.3 is 4.74 Å². The van der Waals surface area contributed by atoms with Crippen molar-refractivity contribution >= 4 is 22.7 Å². The van der Waals surface area contributed by atoms with Gasteiger partial charge in [-0.25, -0.2) is 9.78 Å². The highest BCUT2D eigenvalue weighted by Crippen LogP contribution is 2.26. The molecule has 3 aromatic carbocycles. The molecule has 148 valence electrons. The van der Waals surface area contributed by atoms with E-state index in [9.17, 15) is 9.59 Å².